The molecular weight excluding hydrogens is 506 g/mol. The Morgan fingerprint density at radius 1 is 0.846 bits per heavy atom. The molecule has 0 saturated carbocycles. The lowest BCUT2D eigenvalue weighted by Gasteiger charge is -2.12. The maximum atomic E-state index is 5.49. The molecular formula is C31H21N5O2S. The van der Waals surface area contributed by atoms with Crippen molar-refractivity contribution in [2.75, 3.05) is 12.4 Å². The smallest absolute Gasteiger partial charge is 0.161 e. The van der Waals surface area contributed by atoms with E-state index in [4.69, 9.17) is 9.15 Å². The van der Waals surface area contributed by atoms with Gasteiger partial charge in [0.25, 0.3) is 0 Å². The van der Waals surface area contributed by atoms with Gasteiger partial charge < -0.3 is 14.5 Å². The van der Waals surface area contributed by atoms with E-state index in [2.05, 4.69) is 55.8 Å². The summed E-state index contributed by atoms with van der Waals surface area (Å²) < 4.78 is 10.8. The van der Waals surface area contributed by atoms with Gasteiger partial charge >= 0.3 is 0 Å². The second kappa shape index (κ2) is 9.74. The Morgan fingerprint density at radius 2 is 1.72 bits per heavy atom. The largest absolute Gasteiger partial charge is 0.495 e. The van der Waals surface area contributed by atoms with E-state index in [1.165, 1.54) is 0 Å². The van der Waals surface area contributed by atoms with Gasteiger partial charge in [-0.2, -0.15) is 0 Å². The molecule has 8 heteroatoms. The number of ether oxygens (including phenoxy) is 1. The van der Waals surface area contributed by atoms with E-state index in [1.54, 1.807) is 37.5 Å². The molecule has 0 aliphatic carbocycles. The van der Waals surface area contributed by atoms with Crippen molar-refractivity contribution in [1.29, 1.82) is 0 Å². The van der Waals surface area contributed by atoms with Crippen LogP contribution in [0.4, 0.5) is 11.5 Å². The van der Waals surface area contributed by atoms with Crippen LogP contribution in [0, 0.1) is 0 Å². The van der Waals surface area contributed by atoms with Crippen molar-refractivity contribution in [3.63, 3.8) is 0 Å². The summed E-state index contributed by atoms with van der Waals surface area (Å²) in [5, 5.41) is 15.7. The summed E-state index contributed by atoms with van der Waals surface area (Å²) in [6.07, 6.45) is 5.21. The quantitative estimate of drug-likeness (QED) is 0.234. The molecule has 0 unspecified atom stereocenters. The number of aromatic nitrogens is 4. The summed E-state index contributed by atoms with van der Waals surface area (Å²) in [6, 6.07) is 28.3. The van der Waals surface area contributed by atoms with Crippen LogP contribution in [0.1, 0.15) is 0 Å². The van der Waals surface area contributed by atoms with E-state index in [9.17, 15) is 0 Å². The number of nitrogens with zero attached hydrogens (tertiary/aromatic N) is 4. The second-order valence-corrected chi connectivity index (χ2v) is 10.0. The van der Waals surface area contributed by atoms with Gasteiger partial charge in [0.05, 0.1) is 25.1 Å². The first-order chi connectivity index (χ1) is 19.2. The van der Waals surface area contributed by atoms with Crippen LogP contribution in [-0.2, 0) is 0 Å². The highest BCUT2D eigenvalue weighted by atomic mass is 32.2. The average molecular weight is 528 g/mol. The normalized spacial score (nSPS) is 11.3. The molecule has 0 fully saturated rings. The van der Waals surface area contributed by atoms with Crippen molar-refractivity contribution in [2.45, 2.75) is 9.79 Å². The van der Waals surface area contributed by atoms with E-state index in [-0.39, 0.29) is 0 Å². The molecule has 0 amide bonds. The fraction of sp³-hybridized carbons (Fsp3) is 0.0323. The minimum absolute atomic E-state index is 0.690. The Bertz CT molecular complexity index is 1970. The Kier molecular flexibility index (Phi) is 5.79. The standard InChI is InChI=1S/C31H21N5O2S/c1-37-22-17-26-30(33-18-22)28(12-14-32-26)39-23-9-7-21(8-10-23)34-31-25-5-3-2-4-24(25)29(35-36-31)20-6-11-27-19(16-20)13-15-38-27/h2-18H,1H3,(H,34,36). The second-order valence-electron chi connectivity index (χ2n) is 8.92. The number of furan rings is 1. The van der Waals surface area contributed by atoms with Crippen LogP contribution in [0.15, 0.2) is 118 Å². The summed E-state index contributed by atoms with van der Waals surface area (Å²) >= 11 is 1.64. The van der Waals surface area contributed by atoms with Gasteiger partial charge in [-0.25, -0.2) is 4.98 Å². The zero-order valence-corrected chi connectivity index (χ0v) is 21.6. The Labute approximate surface area is 227 Å². The number of methoxy groups -OCH3 is 1. The molecule has 0 radical (unpaired) electrons. The molecule has 4 aromatic heterocycles. The van der Waals surface area contributed by atoms with Gasteiger partial charge in [-0.15, -0.1) is 10.2 Å². The maximum Gasteiger partial charge on any atom is 0.161 e. The van der Waals surface area contributed by atoms with Gasteiger partial charge in [-0.1, -0.05) is 36.0 Å². The third-order valence-corrected chi connectivity index (χ3v) is 7.57. The molecule has 0 bridgehead atoms. The van der Waals surface area contributed by atoms with Crippen molar-refractivity contribution in [3.8, 4) is 17.0 Å². The van der Waals surface area contributed by atoms with E-state index >= 15 is 0 Å². The predicted molar refractivity (Wildman–Crippen MR) is 155 cm³/mol. The molecule has 39 heavy (non-hydrogen) atoms. The lowest BCUT2D eigenvalue weighted by atomic mass is 10.0. The van der Waals surface area contributed by atoms with E-state index in [0.29, 0.717) is 11.6 Å². The number of nitrogens with one attached hydrogen (secondary N) is 1. The van der Waals surface area contributed by atoms with Crippen LogP contribution < -0.4 is 10.1 Å². The molecule has 3 aromatic carbocycles. The topological polar surface area (TPSA) is 86.0 Å². The van der Waals surface area contributed by atoms with Crippen molar-refractivity contribution in [1.82, 2.24) is 20.2 Å². The summed E-state index contributed by atoms with van der Waals surface area (Å²) in [7, 11) is 1.63. The van der Waals surface area contributed by atoms with Crippen LogP contribution in [-0.4, -0.2) is 27.3 Å². The molecule has 0 spiro atoms. The third-order valence-electron chi connectivity index (χ3n) is 6.51. The predicted octanol–water partition coefficient (Wildman–Crippen LogP) is 7.89. The fourth-order valence-electron chi connectivity index (χ4n) is 4.57. The lowest BCUT2D eigenvalue weighted by Crippen LogP contribution is -1.99. The monoisotopic (exact) mass is 527 g/mol. The Morgan fingerprint density at radius 3 is 2.59 bits per heavy atom. The van der Waals surface area contributed by atoms with Crippen LogP contribution in [0.5, 0.6) is 5.75 Å². The first-order valence-electron chi connectivity index (χ1n) is 12.3. The van der Waals surface area contributed by atoms with Crippen molar-refractivity contribution < 1.29 is 9.15 Å². The molecule has 4 heterocycles. The van der Waals surface area contributed by atoms with Gasteiger partial charge in [-0.3, -0.25) is 4.98 Å². The summed E-state index contributed by atoms with van der Waals surface area (Å²) in [6.45, 7) is 0. The zero-order chi connectivity index (χ0) is 26.2. The number of benzene rings is 3. The first kappa shape index (κ1) is 23.2. The van der Waals surface area contributed by atoms with Gasteiger partial charge in [0.15, 0.2) is 5.82 Å². The van der Waals surface area contributed by atoms with Gasteiger partial charge in [-0.05, 0) is 54.6 Å². The van der Waals surface area contributed by atoms with Crippen molar-refractivity contribution in [3.05, 3.63) is 104 Å². The number of anilines is 2. The highest BCUT2D eigenvalue weighted by molar-refractivity contribution is 7.99. The van der Waals surface area contributed by atoms with Crippen molar-refractivity contribution >= 4 is 56.0 Å². The summed E-state index contributed by atoms with van der Waals surface area (Å²) in [5.41, 5.74) is 5.26. The molecule has 0 saturated heterocycles. The Balaban J connectivity index is 1.16. The molecule has 0 atom stereocenters. The molecule has 1 N–H and O–H groups in total. The maximum absolute atomic E-state index is 5.49. The van der Waals surface area contributed by atoms with Crippen LogP contribution in [0.25, 0.3) is 44.0 Å². The van der Waals surface area contributed by atoms with Gasteiger partial charge in [0, 0.05) is 49.5 Å². The first-order valence-corrected chi connectivity index (χ1v) is 13.1. The van der Waals surface area contributed by atoms with Crippen LogP contribution in [0.2, 0.25) is 0 Å². The third kappa shape index (κ3) is 4.41. The van der Waals surface area contributed by atoms with Gasteiger partial charge in [0.1, 0.15) is 22.5 Å². The van der Waals surface area contributed by atoms with Crippen LogP contribution >= 0.6 is 11.8 Å². The van der Waals surface area contributed by atoms with Gasteiger partial charge in [0.2, 0.25) is 0 Å². The average Bonchev–Trinajstić information content (AvgIpc) is 3.46. The number of fused-ring (bicyclic) bond motifs is 3. The fourth-order valence-corrected chi connectivity index (χ4v) is 5.48. The molecule has 7 aromatic rings. The SMILES string of the molecule is COc1cnc2c(Sc3ccc(Nc4nnc(-c5ccc6occc6c5)c5ccccc45)cc3)ccnc2c1. The number of hydrogen-bond donors (Lipinski definition) is 1. The molecule has 0 aliphatic heterocycles. The van der Waals surface area contributed by atoms with Crippen molar-refractivity contribution in [2.24, 2.45) is 0 Å². The highest BCUT2D eigenvalue weighted by Gasteiger charge is 2.13. The summed E-state index contributed by atoms with van der Waals surface area (Å²) in [5.74, 6) is 1.40. The number of rotatable bonds is 6. The van der Waals surface area contributed by atoms with Crippen LogP contribution in [0.3, 0.4) is 0 Å². The minimum Gasteiger partial charge on any atom is -0.495 e. The van der Waals surface area contributed by atoms with E-state index in [1.807, 2.05) is 54.6 Å². The molecule has 0 aliphatic rings. The zero-order valence-electron chi connectivity index (χ0n) is 20.8. The van der Waals surface area contributed by atoms with E-state index in [0.717, 1.165) is 59.5 Å². The lowest BCUT2D eigenvalue weighted by molar-refractivity contribution is 0.413. The summed E-state index contributed by atoms with van der Waals surface area (Å²) in [4.78, 5) is 11.1. The van der Waals surface area contributed by atoms with E-state index < -0.39 is 0 Å². The number of pyridine rings is 2. The molecule has 7 nitrogen and oxygen atoms in total. The molecule has 188 valence electrons. The highest BCUT2D eigenvalue weighted by Crippen LogP contribution is 2.35. The molecule has 7 rings (SSSR count). The number of hydrogen-bond acceptors (Lipinski definition) is 8. The Hall–Kier alpha value is -4.95. The minimum atomic E-state index is 0.690.